The van der Waals surface area contributed by atoms with E-state index in [0.29, 0.717) is 37.3 Å². The molecular formula is C20H24N2O4S. The number of hydrogen-bond donors (Lipinski definition) is 2. The van der Waals surface area contributed by atoms with Gasteiger partial charge in [0.1, 0.15) is 0 Å². The van der Waals surface area contributed by atoms with Crippen LogP contribution in [0.5, 0.6) is 0 Å². The summed E-state index contributed by atoms with van der Waals surface area (Å²) in [5.41, 5.74) is 6.43. The van der Waals surface area contributed by atoms with E-state index < -0.39 is 15.3 Å². The summed E-state index contributed by atoms with van der Waals surface area (Å²) in [7, 11) is -3.45. The maximum absolute atomic E-state index is 12.8. The van der Waals surface area contributed by atoms with E-state index in [2.05, 4.69) is 5.32 Å². The van der Waals surface area contributed by atoms with Crippen LogP contribution in [0, 0.1) is 5.41 Å². The molecule has 3 N–H and O–H groups in total. The van der Waals surface area contributed by atoms with Gasteiger partial charge in [0.15, 0.2) is 9.84 Å². The maximum Gasteiger partial charge on any atom is 0.232 e. The van der Waals surface area contributed by atoms with Gasteiger partial charge in [-0.25, -0.2) is 8.42 Å². The predicted molar refractivity (Wildman–Crippen MR) is 104 cm³/mol. The van der Waals surface area contributed by atoms with Crippen LogP contribution in [-0.4, -0.2) is 34.1 Å². The number of ether oxygens (including phenoxy) is 1. The average molecular weight is 388 g/mol. The molecule has 0 saturated carbocycles. The molecule has 0 radical (unpaired) electrons. The van der Waals surface area contributed by atoms with Gasteiger partial charge in [-0.2, -0.15) is 0 Å². The first-order valence-corrected chi connectivity index (χ1v) is 10.6. The zero-order valence-corrected chi connectivity index (χ0v) is 15.9. The van der Waals surface area contributed by atoms with Crippen molar-refractivity contribution in [2.45, 2.75) is 23.5 Å². The molecule has 144 valence electrons. The Morgan fingerprint density at radius 2 is 1.78 bits per heavy atom. The standard InChI is InChI=1S/C20H24N2O4S/c21-15-20(9-11-26-12-10-20)19(23)22-17-6-4-5-16(13-17)14-27(24,25)18-7-2-1-3-8-18/h1-8,13H,9-12,14-15,21H2,(H,22,23). The Morgan fingerprint density at radius 3 is 2.44 bits per heavy atom. The number of nitrogens with two attached hydrogens (primary N) is 1. The molecule has 0 bridgehead atoms. The zero-order chi connectivity index (χ0) is 19.3. The van der Waals surface area contributed by atoms with Crippen molar-refractivity contribution in [3.63, 3.8) is 0 Å². The highest BCUT2D eigenvalue weighted by Crippen LogP contribution is 2.31. The molecule has 2 aromatic rings. The summed E-state index contributed by atoms with van der Waals surface area (Å²) in [5, 5.41) is 2.90. The Labute approximate surface area is 159 Å². The molecule has 1 amide bonds. The topological polar surface area (TPSA) is 98.5 Å². The lowest BCUT2D eigenvalue weighted by molar-refractivity contribution is -0.130. The number of carbonyl (C=O) groups excluding carboxylic acids is 1. The second-order valence-corrected chi connectivity index (χ2v) is 8.81. The maximum atomic E-state index is 12.8. The smallest absolute Gasteiger partial charge is 0.232 e. The van der Waals surface area contributed by atoms with Crippen LogP contribution in [0.25, 0.3) is 0 Å². The quantitative estimate of drug-likeness (QED) is 0.791. The zero-order valence-electron chi connectivity index (χ0n) is 15.1. The van der Waals surface area contributed by atoms with Crippen LogP contribution < -0.4 is 11.1 Å². The van der Waals surface area contributed by atoms with Gasteiger partial charge in [-0.15, -0.1) is 0 Å². The fourth-order valence-electron chi connectivity index (χ4n) is 3.22. The summed E-state index contributed by atoms with van der Waals surface area (Å²) in [6, 6.07) is 15.3. The largest absolute Gasteiger partial charge is 0.381 e. The van der Waals surface area contributed by atoms with Crippen LogP contribution in [-0.2, 0) is 25.1 Å². The molecule has 3 rings (SSSR count). The molecule has 1 aliphatic rings. The van der Waals surface area contributed by atoms with Gasteiger partial charge in [-0.05, 0) is 42.7 Å². The van der Waals surface area contributed by atoms with Gasteiger partial charge >= 0.3 is 0 Å². The monoisotopic (exact) mass is 388 g/mol. The Balaban J connectivity index is 1.75. The summed E-state index contributed by atoms with van der Waals surface area (Å²) < 4.78 is 30.5. The third-order valence-corrected chi connectivity index (χ3v) is 6.67. The number of nitrogens with one attached hydrogen (secondary N) is 1. The highest BCUT2D eigenvalue weighted by Gasteiger charge is 2.38. The molecule has 0 aromatic heterocycles. The lowest BCUT2D eigenvalue weighted by atomic mass is 9.79. The van der Waals surface area contributed by atoms with E-state index in [4.69, 9.17) is 10.5 Å². The number of amides is 1. The lowest BCUT2D eigenvalue weighted by Crippen LogP contribution is -2.46. The Bertz CT molecular complexity index is 891. The minimum Gasteiger partial charge on any atom is -0.381 e. The third-order valence-electron chi connectivity index (χ3n) is 4.97. The van der Waals surface area contributed by atoms with Crippen LogP contribution in [0.3, 0.4) is 0 Å². The second kappa shape index (κ2) is 8.21. The molecule has 1 fully saturated rings. The van der Waals surface area contributed by atoms with Gasteiger partial charge < -0.3 is 15.8 Å². The lowest BCUT2D eigenvalue weighted by Gasteiger charge is -2.34. The number of carbonyl (C=O) groups is 1. The first-order valence-electron chi connectivity index (χ1n) is 8.91. The predicted octanol–water partition coefficient (Wildman–Crippen LogP) is 2.35. The van der Waals surface area contributed by atoms with E-state index >= 15 is 0 Å². The number of benzene rings is 2. The minimum absolute atomic E-state index is 0.128. The molecular weight excluding hydrogens is 364 g/mol. The fourth-order valence-corrected chi connectivity index (χ4v) is 4.58. The first kappa shape index (κ1) is 19.5. The van der Waals surface area contributed by atoms with E-state index in [1.165, 1.54) is 0 Å². The van der Waals surface area contributed by atoms with Crippen molar-refractivity contribution in [3.8, 4) is 0 Å². The average Bonchev–Trinajstić information content (AvgIpc) is 2.69. The van der Waals surface area contributed by atoms with Gasteiger partial charge in [0.05, 0.1) is 16.1 Å². The van der Waals surface area contributed by atoms with Crippen LogP contribution in [0.15, 0.2) is 59.5 Å². The van der Waals surface area contributed by atoms with E-state index in [1.807, 2.05) is 0 Å². The molecule has 0 atom stereocenters. The molecule has 0 unspecified atom stereocenters. The molecule has 1 heterocycles. The van der Waals surface area contributed by atoms with Crippen molar-refractivity contribution in [3.05, 3.63) is 60.2 Å². The molecule has 0 aliphatic carbocycles. The van der Waals surface area contributed by atoms with Crippen LogP contribution >= 0.6 is 0 Å². The number of sulfone groups is 1. The van der Waals surface area contributed by atoms with Crippen LogP contribution in [0.2, 0.25) is 0 Å². The SMILES string of the molecule is NCC1(C(=O)Nc2cccc(CS(=O)(=O)c3ccccc3)c2)CCOCC1. The van der Waals surface area contributed by atoms with Gasteiger partial charge in [0.25, 0.3) is 0 Å². The third kappa shape index (κ3) is 4.55. The second-order valence-electron chi connectivity index (χ2n) is 6.82. The molecule has 1 saturated heterocycles. The summed E-state index contributed by atoms with van der Waals surface area (Å²) in [5.74, 6) is -0.271. The molecule has 1 aliphatic heterocycles. The van der Waals surface area contributed by atoms with Crippen molar-refractivity contribution in [2.24, 2.45) is 11.1 Å². The number of hydrogen-bond acceptors (Lipinski definition) is 5. The molecule has 2 aromatic carbocycles. The Morgan fingerprint density at radius 1 is 1.07 bits per heavy atom. The Kier molecular flexibility index (Phi) is 5.94. The van der Waals surface area contributed by atoms with Gasteiger partial charge in [0.2, 0.25) is 5.91 Å². The summed E-state index contributed by atoms with van der Waals surface area (Å²) >= 11 is 0. The van der Waals surface area contributed by atoms with Crippen molar-refractivity contribution in [1.82, 2.24) is 0 Å². The summed E-state index contributed by atoms with van der Waals surface area (Å²) in [4.78, 5) is 13.1. The van der Waals surface area contributed by atoms with E-state index in [1.54, 1.807) is 54.6 Å². The summed E-state index contributed by atoms with van der Waals surface area (Å²) in [6.45, 7) is 1.28. The van der Waals surface area contributed by atoms with E-state index in [0.717, 1.165) is 0 Å². The van der Waals surface area contributed by atoms with Crippen molar-refractivity contribution in [1.29, 1.82) is 0 Å². The summed E-state index contributed by atoms with van der Waals surface area (Å²) in [6.07, 6.45) is 1.16. The van der Waals surface area contributed by atoms with Crippen LogP contribution in [0.4, 0.5) is 5.69 Å². The molecule has 27 heavy (non-hydrogen) atoms. The van der Waals surface area contributed by atoms with Crippen molar-refractivity contribution < 1.29 is 17.9 Å². The molecule has 6 nitrogen and oxygen atoms in total. The van der Waals surface area contributed by atoms with Crippen molar-refractivity contribution >= 4 is 21.4 Å². The fraction of sp³-hybridized carbons (Fsp3) is 0.350. The van der Waals surface area contributed by atoms with E-state index in [9.17, 15) is 13.2 Å². The van der Waals surface area contributed by atoms with Crippen LogP contribution in [0.1, 0.15) is 18.4 Å². The Hall–Kier alpha value is -2.22. The van der Waals surface area contributed by atoms with Gasteiger partial charge in [-0.3, -0.25) is 4.79 Å². The number of rotatable bonds is 6. The normalized spacial score (nSPS) is 16.6. The minimum atomic E-state index is -3.45. The van der Waals surface area contributed by atoms with E-state index in [-0.39, 0.29) is 23.1 Å². The highest BCUT2D eigenvalue weighted by atomic mass is 32.2. The van der Waals surface area contributed by atoms with Gasteiger partial charge in [-0.1, -0.05) is 30.3 Å². The molecule has 7 heteroatoms. The van der Waals surface area contributed by atoms with Crippen molar-refractivity contribution in [2.75, 3.05) is 25.1 Å². The number of anilines is 1. The first-order chi connectivity index (χ1) is 13.0. The highest BCUT2D eigenvalue weighted by molar-refractivity contribution is 7.90. The molecule has 0 spiro atoms. The van der Waals surface area contributed by atoms with Gasteiger partial charge in [0, 0.05) is 25.4 Å².